The fraction of sp³-hybridized carbons (Fsp3) is 1.00. The molecular weight excluding hydrogens is 263 g/mol. The molecular formula is C9H15F4O3P. The van der Waals surface area contributed by atoms with Gasteiger partial charge in [0.05, 0.1) is 6.10 Å². The lowest BCUT2D eigenvalue weighted by atomic mass is 9.96. The lowest BCUT2D eigenvalue weighted by Crippen LogP contribution is -2.30. The van der Waals surface area contributed by atoms with Gasteiger partial charge < -0.3 is 9.05 Å². The van der Waals surface area contributed by atoms with E-state index in [1.807, 2.05) is 0 Å². The Kier molecular flexibility index (Phi) is 4.98. The van der Waals surface area contributed by atoms with Gasteiger partial charge in [0.2, 0.25) is 0 Å². The van der Waals surface area contributed by atoms with E-state index < -0.39 is 32.2 Å². The second-order valence-electron chi connectivity index (χ2n) is 4.01. The van der Waals surface area contributed by atoms with Crippen LogP contribution in [0.3, 0.4) is 0 Å². The van der Waals surface area contributed by atoms with E-state index in [2.05, 4.69) is 4.52 Å². The maximum absolute atomic E-state index is 13.4. The van der Waals surface area contributed by atoms with Crippen LogP contribution in [0.5, 0.6) is 0 Å². The Morgan fingerprint density at radius 1 is 1.29 bits per heavy atom. The van der Waals surface area contributed by atoms with Crippen molar-refractivity contribution in [3.8, 4) is 0 Å². The largest absolute Gasteiger partial charge is 0.400 e. The molecule has 3 nitrogen and oxygen atoms in total. The van der Waals surface area contributed by atoms with Gasteiger partial charge in [-0.1, -0.05) is 12.8 Å². The Bertz CT molecular complexity index is 294. The molecule has 0 heterocycles. The van der Waals surface area contributed by atoms with Gasteiger partial charge in [0.1, 0.15) is 12.3 Å². The number of alkyl halides is 4. The van der Waals surface area contributed by atoms with E-state index in [0.717, 1.165) is 7.11 Å². The van der Waals surface area contributed by atoms with Crippen molar-refractivity contribution < 1.29 is 31.2 Å². The van der Waals surface area contributed by atoms with E-state index >= 15 is 0 Å². The predicted molar refractivity (Wildman–Crippen MR) is 53.8 cm³/mol. The van der Waals surface area contributed by atoms with Gasteiger partial charge in [-0.15, -0.1) is 0 Å². The first-order valence-electron chi connectivity index (χ1n) is 5.30. The van der Waals surface area contributed by atoms with Crippen molar-refractivity contribution in [3.63, 3.8) is 0 Å². The minimum atomic E-state index is -4.66. The Morgan fingerprint density at radius 3 is 2.35 bits per heavy atom. The molecule has 1 fully saturated rings. The van der Waals surface area contributed by atoms with Crippen molar-refractivity contribution in [2.45, 2.75) is 44.1 Å². The lowest BCUT2D eigenvalue weighted by molar-refractivity contribution is -0.111. The monoisotopic (exact) mass is 278 g/mol. The molecule has 0 bridgehead atoms. The first-order valence-corrected chi connectivity index (χ1v) is 7.02. The fourth-order valence-electron chi connectivity index (χ4n) is 1.74. The van der Waals surface area contributed by atoms with Crippen molar-refractivity contribution in [1.82, 2.24) is 0 Å². The SMILES string of the molecule is COP(=O)(CC(F)(F)F)OC1CCCCC1F. The standard InChI is InChI=1S/C9H15F4O3P/c1-15-17(14,6-9(11,12)13)16-8-5-3-2-4-7(8)10/h7-8H,2-6H2,1H3. The highest BCUT2D eigenvalue weighted by Crippen LogP contribution is 2.53. The Morgan fingerprint density at radius 2 is 1.88 bits per heavy atom. The van der Waals surface area contributed by atoms with Gasteiger partial charge in [0.25, 0.3) is 0 Å². The molecule has 0 aromatic carbocycles. The Labute approximate surface area is 97.0 Å². The summed E-state index contributed by atoms with van der Waals surface area (Å²) in [4.78, 5) is 0. The molecule has 0 aliphatic heterocycles. The summed E-state index contributed by atoms with van der Waals surface area (Å²) in [6.07, 6.45) is -6.96. The van der Waals surface area contributed by atoms with Crippen LogP contribution in [0.15, 0.2) is 0 Å². The van der Waals surface area contributed by atoms with Crippen molar-refractivity contribution >= 4 is 7.60 Å². The molecule has 0 aromatic rings. The van der Waals surface area contributed by atoms with Gasteiger partial charge in [-0.2, -0.15) is 13.2 Å². The van der Waals surface area contributed by atoms with Crippen molar-refractivity contribution in [2.24, 2.45) is 0 Å². The Hall–Kier alpha value is -0.130. The van der Waals surface area contributed by atoms with Gasteiger partial charge in [-0.05, 0) is 12.8 Å². The molecule has 0 spiro atoms. The van der Waals surface area contributed by atoms with Crippen LogP contribution < -0.4 is 0 Å². The molecule has 1 aliphatic rings. The molecule has 1 rings (SSSR count). The molecule has 0 N–H and O–H groups in total. The van der Waals surface area contributed by atoms with Gasteiger partial charge >= 0.3 is 13.8 Å². The number of halogens is 4. The van der Waals surface area contributed by atoms with Crippen LogP contribution in [0.2, 0.25) is 0 Å². The zero-order chi connectivity index (χ0) is 13.1. The lowest BCUT2D eigenvalue weighted by Gasteiger charge is -2.29. The highest BCUT2D eigenvalue weighted by molar-refractivity contribution is 7.53. The third kappa shape index (κ3) is 4.94. The normalized spacial score (nSPS) is 29.9. The average Bonchev–Trinajstić information content (AvgIpc) is 2.19. The maximum atomic E-state index is 13.4. The summed E-state index contributed by atoms with van der Waals surface area (Å²) >= 11 is 0. The first-order chi connectivity index (χ1) is 7.76. The van der Waals surface area contributed by atoms with E-state index in [1.165, 1.54) is 0 Å². The second kappa shape index (κ2) is 5.67. The average molecular weight is 278 g/mol. The zero-order valence-electron chi connectivity index (χ0n) is 9.37. The van der Waals surface area contributed by atoms with Crippen LogP contribution in [0, 0.1) is 0 Å². The summed E-state index contributed by atoms with van der Waals surface area (Å²) in [6, 6.07) is 0. The van der Waals surface area contributed by atoms with Gasteiger partial charge in [0.15, 0.2) is 0 Å². The van der Waals surface area contributed by atoms with Crippen LogP contribution in [0.1, 0.15) is 25.7 Å². The summed E-state index contributed by atoms with van der Waals surface area (Å²) in [5.41, 5.74) is 0. The molecule has 0 radical (unpaired) electrons. The topological polar surface area (TPSA) is 35.5 Å². The van der Waals surface area contributed by atoms with Crippen LogP contribution >= 0.6 is 7.60 Å². The molecule has 1 saturated carbocycles. The molecule has 1 aliphatic carbocycles. The van der Waals surface area contributed by atoms with Gasteiger partial charge in [-0.3, -0.25) is 4.57 Å². The minimum Gasteiger partial charge on any atom is -0.312 e. The highest BCUT2D eigenvalue weighted by Gasteiger charge is 2.43. The van der Waals surface area contributed by atoms with Crippen LogP contribution in [-0.2, 0) is 13.6 Å². The summed E-state index contributed by atoms with van der Waals surface area (Å²) < 4.78 is 70.6. The number of hydrogen-bond donors (Lipinski definition) is 0. The maximum Gasteiger partial charge on any atom is 0.400 e. The molecule has 3 unspecified atom stereocenters. The van der Waals surface area contributed by atoms with Crippen LogP contribution in [0.4, 0.5) is 17.6 Å². The quantitative estimate of drug-likeness (QED) is 0.581. The fourth-order valence-corrected chi connectivity index (χ4v) is 3.12. The van der Waals surface area contributed by atoms with E-state index in [4.69, 9.17) is 4.52 Å². The molecule has 0 aromatic heterocycles. The van der Waals surface area contributed by atoms with Crippen LogP contribution in [-0.4, -0.2) is 31.7 Å². The van der Waals surface area contributed by atoms with Gasteiger partial charge in [0, 0.05) is 7.11 Å². The third-order valence-corrected chi connectivity index (χ3v) is 4.46. The van der Waals surface area contributed by atoms with E-state index in [9.17, 15) is 22.1 Å². The molecule has 8 heteroatoms. The summed E-state index contributed by atoms with van der Waals surface area (Å²) in [5.74, 6) is 0. The molecule has 17 heavy (non-hydrogen) atoms. The number of rotatable bonds is 4. The zero-order valence-corrected chi connectivity index (χ0v) is 10.3. The van der Waals surface area contributed by atoms with Crippen molar-refractivity contribution in [2.75, 3.05) is 13.3 Å². The molecule has 0 amide bonds. The van der Waals surface area contributed by atoms with Crippen molar-refractivity contribution in [3.05, 3.63) is 0 Å². The van der Waals surface area contributed by atoms with Crippen molar-refractivity contribution in [1.29, 1.82) is 0 Å². The highest BCUT2D eigenvalue weighted by atomic mass is 31.2. The first kappa shape index (κ1) is 14.9. The van der Waals surface area contributed by atoms with E-state index in [-0.39, 0.29) is 12.8 Å². The van der Waals surface area contributed by atoms with Crippen LogP contribution in [0.25, 0.3) is 0 Å². The Balaban J connectivity index is 2.64. The predicted octanol–water partition coefficient (Wildman–Crippen LogP) is 3.69. The minimum absolute atomic E-state index is 0.223. The molecule has 3 atom stereocenters. The summed E-state index contributed by atoms with van der Waals surface area (Å²) in [6.45, 7) is 0. The summed E-state index contributed by atoms with van der Waals surface area (Å²) in [7, 11) is -3.42. The van der Waals surface area contributed by atoms with E-state index in [1.54, 1.807) is 0 Å². The number of hydrogen-bond acceptors (Lipinski definition) is 3. The van der Waals surface area contributed by atoms with E-state index in [0.29, 0.717) is 12.8 Å². The second-order valence-corrected chi connectivity index (χ2v) is 6.13. The molecule has 0 saturated heterocycles. The van der Waals surface area contributed by atoms with Gasteiger partial charge in [-0.25, -0.2) is 4.39 Å². The summed E-state index contributed by atoms with van der Waals surface area (Å²) in [5, 5.41) is 0. The smallest absolute Gasteiger partial charge is 0.312 e. The third-order valence-electron chi connectivity index (χ3n) is 2.57. The molecule has 102 valence electrons.